The lowest BCUT2D eigenvalue weighted by Gasteiger charge is -2.04. The molecular weight excluding hydrogens is 302 g/mol. The summed E-state index contributed by atoms with van der Waals surface area (Å²) in [6.45, 7) is 0. The largest absolute Gasteiger partial charge is 0.332 e. The molecule has 1 saturated carbocycles. The Hall–Kier alpha value is -2.48. The molecule has 110 valence electrons. The van der Waals surface area contributed by atoms with Gasteiger partial charge in [0, 0.05) is 13.0 Å². The molecule has 0 atom stereocenters. The van der Waals surface area contributed by atoms with Crippen molar-refractivity contribution in [2.75, 3.05) is 0 Å². The van der Waals surface area contributed by atoms with Crippen LogP contribution in [0.3, 0.4) is 0 Å². The van der Waals surface area contributed by atoms with E-state index in [1.54, 1.807) is 17.9 Å². The van der Waals surface area contributed by atoms with Crippen LogP contribution in [0.4, 0.5) is 0 Å². The van der Waals surface area contributed by atoms with Gasteiger partial charge in [0.05, 0.1) is 5.39 Å². The average molecular weight is 313 g/mol. The van der Waals surface area contributed by atoms with E-state index in [0.29, 0.717) is 28.5 Å². The highest BCUT2D eigenvalue weighted by Crippen LogP contribution is 2.39. The van der Waals surface area contributed by atoms with Crippen LogP contribution < -0.4 is 5.56 Å². The molecule has 0 aromatic carbocycles. The molecule has 5 rings (SSSR count). The van der Waals surface area contributed by atoms with Crippen LogP contribution in [0.5, 0.6) is 0 Å². The minimum absolute atomic E-state index is 0.0487. The number of fused-ring (bicyclic) bond motifs is 3. The first-order valence-corrected chi connectivity index (χ1v) is 7.89. The highest BCUT2D eigenvalue weighted by molar-refractivity contribution is 7.16. The molecule has 4 heterocycles. The number of rotatable bonds is 2. The van der Waals surface area contributed by atoms with Crippen molar-refractivity contribution in [3.8, 4) is 11.6 Å². The smallest absolute Gasteiger partial charge is 0.280 e. The van der Waals surface area contributed by atoms with Crippen molar-refractivity contribution in [2.45, 2.75) is 18.8 Å². The second-order valence-corrected chi connectivity index (χ2v) is 6.42. The molecule has 0 amide bonds. The summed E-state index contributed by atoms with van der Waals surface area (Å²) in [4.78, 5) is 22.2. The molecule has 1 aliphatic rings. The van der Waals surface area contributed by atoms with Gasteiger partial charge in [-0.1, -0.05) is 5.16 Å². The van der Waals surface area contributed by atoms with Crippen LogP contribution >= 0.6 is 11.3 Å². The zero-order chi connectivity index (χ0) is 14.8. The molecule has 0 unspecified atom stereocenters. The third kappa shape index (κ3) is 1.50. The number of nitrogens with zero attached hydrogens (tertiary/aromatic N) is 5. The summed E-state index contributed by atoms with van der Waals surface area (Å²) in [7, 11) is 1.73. The van der Waals surface area contributed by atoms with Crippen molar-refractivity contribution in [2.24, 2.45) is 7.05 Å². The first kappa shape index (κ1) is 12.1. The summed E-state index contributed by atoms with van der Waals surface area (Å²) < 4.78 is 8.84. The zero-order valence-electron chi connectivity index (χ0n) is 11.7. The van der Waals surface area contributed by atoms with E-state index in [1.165, 1.54) is 11.3 Å². The Kier molecular flexibility index (Phi) is 2.22. The maximum absolute atomic E-state index is 12.5. The van der Waals surface area contributed by atoms with E-state index in [9.17, 15) is 4.79 Å². The predicted molar refractivity (Wildman–Crippen MR) is 81.1 cm³/mol. The molecule has 1 fully saturated rings. The number of aryl methyl sites for hydroxylation is 1. The van der Waals surface area contributed by atoms with Gasteiger partial charge in [-0.3, -0.25) is 13.8 Å². The molecule has 0 spiro atoms. The number of hydrogen-bond acceptors (Lipinski definition) is 6. The van der Waals surface area contributed by atoms with E-state index in [1.807, 2.05) is 15.8 Å². The standard InChI is InChI=1S/C14H11N5O2S/c1-18-12-9(11-16-10(17-21-11)7-2-3-7)15-6-19(12)14-8(13(18)20)4-5-22-14/h4-7H,2-3H2,1H3. The fourth-order valence-electron chi connectivity index (χ4n) is 2.73. The summed E-state index contributed by atoms with van der Waals surface area (Å²) >= 11 is 1.51. The summed E-state index contributed by atoms with van der Waals surface area (Å²) in [6.07, 6.45) is 3.92. The molecule has 0 N–H and O–H groups in total. The Balaban J connectivity index is 1.83. The monoisotopic (exact) mass is 313 g/mol. The predicted octanol–water partition coefficient (Wildman–Crippen LogP) is 2.18. The average Bonchev–Trinajstić information content (AvgIpc) is 2.97. The van der Waals surface area contributed by atoms with Crippen molar-refractivity contribution in [3.63, 3.8) is 0 Å². The fraction of sp³-hybridized carbons (Fsp3) is 0.286. The molecule has 4 aromatic rings. The maximum atomic E-state index is 12.5. The molecule has 0 saturated heterocycles. The molecule has 0 radical (unpaired) electrons. The molecule has 8 heteroatoms. The second-order valence-electron chi connectivity index (χ2n) is 5.52. The number of thiophene rings is 1. The van der Waals surface area contributed by atoms with Crippen LogP contribution in [-0.4, -0.2) is 24.1 Å². The van der Waals surface area contributed by atoms with Gasteiger partial charge >= 0.3 is 0 Å². The number of hydrogen-bond donors (Lipinski definition) is 0. The Labute approximate surface area is 127 Å². The third-order valence-corrected chi connectivity index (χ3v) is 4.96. The molecule has 4 aromatic heterocycles. The SMILES string of the molecule is Cn1c(=O)c2ccsc2n2cnc(-c3nc(C4CC4)no3)c12. The van der Waals surface area contributed by atoms with Gasteiger partial charge in [0.1, 0.15) is 11.2 Å². The first-order chi connectivity index (χ1) is 10.7. The van der Waals surface area contributed by atoms with Crippen LogP contribution in [-0.2, 0) is 7.05 Å². The van der Waals surface area contributed by atoms with Crippen LogP contribution in [0.1, 0.15) is 24.6 Å². The maximum Gasteiger partial charge on any atom is 0.280 e. The molecule has 0 aliphatic heterocycles. The van der Waals surface area contributed by atoms with Gasteiger partial charge in [0.2, 0.25) is 0 Å². The van der Waals surface area contributed by atoms with Crippen LogP contribution in [0.25, 0.3) is 27.4 Å². The van der Waals surface area contributed by atoms with E-state index in [2.05, 4.69) is 15.1 Å². The van der Waals surface area contributed by atoms with Crippen LogP contribution in [0, 0.1) is 0 Å². The third-order valence-electron chi connectivity index (χ3n) is 4.05. The zero-order valence-corrected chi connectivity index (χ0v) is 12.5. The van der Waals surface area contributed by atoms with Crippen molar-refractivity contribution >= 4 is 27.2 Å². The first-order valence-electron chi connectivity index (χ1n) is 7.01. The Morgan fingerprint density at radius 2 is 2.27 bits per heavy atom. The van der Waals surface area contributed by atoms with Crippen molar-refractivity contribution in [3.05, 3.63) is 34.0 Å². The highest BCUT2D eigenvalue weighted by atomic mass is 32.1. The summed E-state index contributed by atoms with van der Waals surface area (Å²) in [5.74, 6) is 1.52. The summed E-state index contributed by atoms with van der Waals surface area (Å²) in [5.41, 5.74) is 1.17. The van der Waals surface area contributed by atoms with E-state index < -0.39 is 0 Å². The Morgan fingerprint density at radius 1 is 1.41 bits per heavy atom. The molecule has 7 nitrogen and oxygen atoms in total. The van der Waals surface area contributed by atoms with Crippen molar-refractivity contribution in [1.82, 2.24) is 24.1 Å². The Bertz CT molecular complexity index is 1080. The Morgan fingerprint density at radius 3 is 3.09 bits per heavy atom. The topological polar surface area (TPSA) is 78.2 Å². The lowest BCUT2D eigenvalue weighted by atomic mass is 10.3. The summed E-state index contributed by atoms with van der Waals surface area (Å²) in [6, 6.07) is 1.83. The number of imidazole rings is 1. The van der Waals surface area contributed by atoms with E-state index >= 15 is 0 Å². The molecule has 1 aliphatic carbocycles. The summed E-state index contributed by atoms with van der Waals surface area (Å²) in [5, 5.41) is 6.62. The normalized spacial score (nSPS) is 15.1. The fourth-order valence-corrected chi connectivity index (χ4v) is 3.59. The quantitative estimate of drug-likeness (QED) is 0.567. The van der Waals surface area contributed by atoms with Gasteiger partial charge < -0.3 is 4.52 Å². The minimum atomic E-state index is -0.0487. The number of aromatic nitrogens is 5. The molecular formula is C14H11N5O2S. The minimum Gasteiger partial charge on any atom is -0.332 e. The van der Waals surface area contributed by atoms with E-state index in [0.717, 1.165) is 23.5 Å². The molecule has 22 heavy (non-hydrogen) atoms. The van der Waals surface area contributed by atoms with Gasteiger partial charge in [-0.05, 0) is 24.3 Å². The lowest BCUT2D eigenvalue weighted by Crippen LogP contribution is -2.18. The van der Waals surface area contributed by atoms with Crippen LogP contribution in [0.2, 0.25) is 0 Å². The van der Waals surface area contributed by atoms with Gasteiger partial charge in [-0.25, -0.2) is 4.98 Å². The second kappa shape index (κ2) is 4.04. The molecule has 0 bridgehead atoms. The van der Waals surface area contributed by atoms with E-state index in [-0.39, 0.29) is 5.56 Å². The van der Waals surface area contributed by atoms with Gasteiger partial charge in [0.25, 0.3) is 11.4 Å². The van der Waals surface area contributed by atoms with Gasteiger partial charge in [0.15, 0.2) is 17.2 Å². The van der Waals surface area contributed by atoms with Gasteiger partial charge in [-0.2, -0.15) is 4.98 Å². The van der Waals surface area contributed by atoms with Gasteiger partial charge in [-0.15, -0.1) is 11.3 Å². The lowest BCUT2D eigenvalue weighted by molar-refractivity contribution is 0.422. The van der Waals surface area contributed by atoms with E-state index in [4.69, 9.17) is 4.52 Å². The van der Waals surface area contributed by atoms with Crippen molar-refractivity contribution in [1.29, 1.82) is 0 Å². The van der Waals surface area contributed by atoms with Crippen molar-refractivity contribution < 1.29 is 4.52 Å². The highest BCUT2D eigenvalue weighted by Gasteiger charge is 2.30. The van der Waals surface area contributed by atoms with Crippen LogP contribution in [0.15, 0.2) is 27.1 Å².